The molecule has 31 heavy (non-hydrogen) atoms. The van der Waals surface area contributed by atoms with Crippen molar-refractivity contribution in [1.29, 1.82) is 0 Å². The molecule has 0 atom stereocenters. The summed E-state index contributed by atoms with van der Waals surface area (Å²) >= 11 is 5.97. The number of hydrogen-bond donors (Lipinski definition) is 0. The fraction of sp³-hybridized carbons (Fsp3) is 0.115. The molecule has 0 aromatic heterocycles. The molecule has 0 aliphatic heterocycles. The van der Waals surface area contributed by atoms with Crippen LogP contribution in [0.1, 0.15) is 16.7 Å². The van der Waals surface area contributed by atoms with Gasteiger partial charge in [0.05, 0.1) is 0 Å². The van der Waals surface area contributed by atoms with Gasteiger partial charge in [0, 0.05) is 29.3 Å². The molecule has 0 fully saturated rings. The molecule has 0 bridgehead atoms. The van der Waals surface area contributed by atoms with E-state index in [1.807, 2.05) is 54.4 Å². The Bertz CT molecular complexity index is 1060. The summed E-state index contributed by atoms with van der Waals surface area (Å²) in [6, 6.07) is 23.2. The molecule has 0 spiro atoms. The third-order valence-electron chi connectivity index (χ3n) is 4.64. The van der Waals surface area contributed by atoms with E-state index in [0.29, 0.717) is 34.8 Å². The van der Waals surface area contributed by atoms with Crippen LogP contribution in [0.3, 0.4) is 0 Å². The van der Waals surface area contributed by atoms with Crippen LogP contribution in [-0.4, -0.2) is 24.3 Å². The molecule has 0 radical (unpaired) electrons. The maximum atomic E-state index is 13.8. The first-order chi connectivity index (χ1) is 14.4. The predicted octanol–water partition coefficient (Wildman–Crippen LogP) is 6.70. The number of likely N-dealkylation sites (N-methyl/N-ethyl adjacent to an activating group) is 1. The maximum Gasteiger partial charge on any atom is 0.190 e. The fourth-order valence-electron chi connectivity index (χ4n) is 3.20. The lowest BCUT2D eigenvalue weighted by molar-refractivity contribution is -0.110. The van der Waals surface area contributed by atoms with Gasteiger partial charge in [-0.15, -0.1) is 12.4 Å². The minimum Gasteiger partial charge on any atom is -0.298 e. The van der Waals surface area contributed by atoms with Gasteiger partial charge in [-0.05, 0) is 54.1 Å². The van der Waals surface area contributed by atoms with Crippen molar-refractivity contribution in [3.8, 4) is 0 Å². The smallest absolute Gasteiger partial charge is 0.190 e. The minimum absolute atomic E-state index is 0. The van der Waals surface area contributed by atoms with Crippen LogP contribution in [0.2, 0.25) is 5.02 Å². The Morgan fingerprint density at radius 1 is 1.03 bits per heavy atom. The van der Waals surface area contributed by atoms with E-state index in [4.69, 9.17) is 11.6 Å². The highest BCUT2D eigenvalue weighted by molar-refractivity contribution is 6.32. The zero-order valence-corrected chi connectivity index (χ0v) is 18.8. The number of halogens is 3. The van der Waals surface area contributed by atoms with E-state index in [1.165, 1.54) is 12.1 Å². The second kappa shape index (κ2) is 11.6. The van der Waals surface area contributed by atoms with Crippen LogP contribution in [0, 0.1) is 5.82 Å². The zero-order valence-electron chi connectivity index (χ0n) is 17.2. The number of ketones is 1. The number of Topliss-reactive ketones (excluding diaryl/α,β-unsaturated/α-hetero) is 1. The van der Waals surface area contributed by atoms with Gasteiger partial charge in [-0.3, -0.25) is 9.69 Å². The first-order valence-corrected chi connectivity index (χ1v) is 9.98. The summed E-state index contributed by atoms with van der Waals surface area (Å²) in [5.74, 6) is -0.607. The van der Waals surface area contributed by atoms with Crippen molar-refractivity contribution in [3.05, 3.63) is 119 Å². The number of nitrogens with zero attached hydrogens (tertiary/aromatic N) is 1. The zero-order chi connectivity index (χ0) is 21.5. The summed E-state index contributed by atoms with van der Waals surface area (Å²) in [6.45, 7) is 5.12. The molecular weight excluding hydrogens is 432 g/mol. The Hall–Kier alpha value is -2.72. The largest absolute Gasteiger partial charge is 0.298 e. The van der Waals surface area contributed by atoms with Crippen molar-refractivity contribution in [2.75, 3.05) is 13.6 Å². The number of allylic oxidation sites excluding steroid dienone is 1. The Morgan fingerprint density at radius 2 is 1.71 bits per heavy atom. The highest BCUT2D eigenvalue weighted by Crippen LogP contribution is 2.24. The van der Waals surface area contributed by atoms with Crippen molar-refractivity contribution in [1.82, 2.24) is 4.90 Å². The number of benzene rings is 3. The Balaban J connectivity index is 0.00000341. The highest BCUT2D eigenvalue weighted by Gasteiger charge is 2.18. The average molecular weight is 456 g/mol. The Morgan fingerprint density at radius 3 is 2.35 bits per heavy atom. The van der Waals surface area contributed by atoms with Gasteiger partial charge >= 0.3 is 0 Å². The summed E-state index contributed by atoms with van der Waals surface area (Å²) in [5, 5.41) is 0.609. The summed E-state index contributed by atoms with van der Waals surface area (Å²) in [6.07, 6.45) is 1.75. The molecule has 0 N–H and O–H groups in total. The first kappa shape index (κ1) is 24.5. The molecule has 0 aliphatic carbocycles. The van der Waals surface area contributed by atoms with E-state index in [-0.39, 0.29) is 18.2 Å². The van der Waals surface area contributed by atoms with Gasteiger partial charge in [0.1, 0.15) is 5.82 Å². The molecule has 0 heterocycles. The number of rotatable bonds is 8. The molecule has 0 saturated heterocycles. The predicted molar refractivity (Wildman–Crippen MR) is 130 cm³/mol. The van der Waals surface area contributed by atoms with E-state index < -0.39 is 5.82 Å². The van der Waals surface area contributed by atoms with Crippen molar-refractivity contribution in [3.63, 3.8) is 0 Å². The van der Waals surface area contributed by atoms with Crippen LogP contribution in [0.4, 0.5) is 4.39 Å². The van der Waals surface area contributed by atoms with Crippen molar-refractivity contribution < 1.29 is 9.18 Å². The molecule has 3 aromatic carbocycles. The van der Waals surface area contributed by atoms with Gasteiger partial charge in [0.15, 0.2) is 5.78 Å². The second-order valence-electron chi connectivity index (χ2n) is 7.21. The summed E-state index contributed by atoms with van der Waals surface area (Å²) < 4.78 is 13.8. The first-order valence-electron chi connectivity index (χ1n) is 9.60. The standard InChI is InChI=1S/C26H23ClFNO.ClH/c1-19(17-29(2)18-21-7-4-3-5-8-21)26(30)25(22-9-6-10-24(28)16-22)15-20-11-13-23(27)14-12-20;/h3-16H,1,17-18H2,2H3;1H/b25-15-;. The molecule has 5 heteroatoms. The summed E-state index contributed by atoms with van der Waals surface area (Å²) in [7, 11) is 1.94. The Labute approximate surface area is 194 Å². The molecule has 0 amide bonds. The third kappa shape index (κ3) is 7.18. The van der Waals surface area contributed by atoms with Crippen LogP contribution in [0.25, 0.3) is 11.6 Å². The summed E-state index contributed by atoms with van der Waals surface area (Å²) in [5.41, 5.74) is 3.31. The van der Waals surface area contributed by atoms with Crippen LogP contribution in [0.5, 0.6) is 0 Å². The number of hydrogen-bond acceptors (Lipinski definition) is 2. The van der Waals surface area contributed by atoms with Crippen LogP contribution in [0.15, 0.2) is 91.0 Å². The van der Waals surface area contributed by atoms with Gasteiger partial charge in [-0.25, -0.2) is 4.39 Å². The molecule has 3 aromatic rings. The number of carbonyl (C=O) groups excluding carboxylic acids is 1. The normalized spacial score (nSPS) is 11.2. The molecule has 0 aliphatic rings. The molecular formula is C26H24Cl2FNO. The second-order valence-corrected chi connectivity index (χ2v) is 7.65. The minimum atomic E-state index is -0.394. The third-order valence-corrected chi connectivity index (χ3v) is 4.89. The van der Waals surface area contributed by atoms with E-state index >= 15 is 0 Å². The van der Waals surface area contributed by atoms with Gasteiger partial charge < -0.3 is 0 Å². The lowest BCUT2D eigenvalue weighted by Gasteiger charge is -2.18. The molecule has 3 rings (SSSR count). The average Bonchev–Trinajstić information content (AvgIpc) is 2.73. The fourth-order valence-corrected chi connectivity index (χ4v) is 3.33. The van der Waals surface area contributed by atoms with Crippen LogP contribution >= 0.6 is 24.0 Å². The summed E-state index contributed by atoms with van der Waals surface area (Å²) in [4.78, 5) is 15.3. The molecule has 0 saturated carbocycles. The van der Waals surface area contributed by atoms with E-state index in [1.54, 1.807) is 30.3 Å². The molecule has 2 nitrogen and oxygen atoms in total. The van der Waals surface area contributed by atoms with Crippen molar-refractivity contribution >= 4 is 41.4 Å². The quantitative estimate of drug-likeness (QED) is 0.278. The number of carbonyl (C=O) groups is 1. The van der Waals surface area contributed by atoms with Crippen LogP contribution in [-0.2, 0) is 11.3 Å². The van der Waals surface area contributed by atoms with E-state index in [2.05, 4.69) is 6.58 Å². The highest BCUT2D eigenvalue weighted by atomic mass is 35.5. The topological polar surface area (TPSA) is 20.3 Å². The van der Waals surface area contributed by atoms with Gasteiger partial charge in [0.2, 0.25) is 0 Å². The van der Waals surface area contributed by atoms with Crippen molar-refractivity contribution in [2.45, 2.75) is 6.54 Å². The van der Waals surface area contributed by atoms with Crippen LogP contribution < -0.4 is 0 Å². The maximum absolute atomic E-state index is 13.8. The van der Waals surface area contributed by atoms with E-state index in [0.717, 1.165) is 11.1 Å². The van der Waals surface area contributed by atoms with Gasteiger partial charge in [-0.2, -0.15) is 0 Å². The molecule has 160 valence electrons. The monoisotopic (exact) mass is 455 g/mol. The van der Waals surface area contributed by atoms with Gasteiger partial charge in [-0.1, -0.05) is 72.8 Å². The van der Waals surface area contributed by atoms with Gasteiger partial charge in [0.25, 0.3) is 0 Å². The lowest BCUT2D eigenvalue weighted by atomic mass is 9.95. The Kier molecular flexibility index (Phi) is 9.20. The molecule has 0 unspecified atom stereocenters. The lowest BCUT2D eigenvalue weighted by Crippen LogP contribution is -2.23. The van der Waals surface area contributed by atoms with Crippen molar-refractivity contribution in [2.24, 2.45) is 0 Å². The van der Waals surface area contributed by atoms with E-state index in [9.17, 15) is 9.18 Å². The SMILES string of the molecule is C=C(CN(C)Cc1ccccc1)C(=O)/C(=C\c1ccc(Cl)cc1)c1cccc(F)c1.Cl.